The number of halogens is 1. The molecule has 0 unspecified atom stereocenters. The zero-order chi connectivity index (χ0) is 11.1. The van der Waals surface area contributed by atoms with Gasteiger partial charge in [0, 0.05) is 0 Å². The Hall–Kier alpha value is -1.55. The van der Waals surface area contributed by atoms with Crippen molar-refractivity contribution in [3.8, 4) is 0 Å². The average molecular weight is 235 g/mol. The van der Waals surface area contributed by atoms with Gasteiger partial charge in [-0.3, -0.25) is 0 Å². The summed E-state index contributed by atoms with van der Waals surface area (Å²) in [6.07, 6.45) is 9.90. The molecule has 1 atom stereocenters. The predicted octanol–water partition coefficient (Wildman–Crippen LogP) is 2.56. The number of anilines is 1. The molecule has 82 valence electrons. The highest BCUT2D eigenvalue weighted by Gasteiger charge is 2.17. The van der Waals surface area contributed by atoms with Gasteiger partial charge < -0.3 is 10.3 Å². The van der Waals surface area contributed by atoms with Crippen molar-refractivity contribution in [2.75, 3.05) is 5.73 Å². The van der Waals surface area contributed by atoms with Crippen LogP contribution < -0.4 is 5.73 Å². The quantitative estimate of drug-likeness (QED) is 0.772. The molecule has 1 aliphatic rings. The van der Waals surface area contributed by atoms with Crippen molar-refractivity contribution in [3.63, 3.8) is 0 Å². The number of hydrogen-bond acceptors (Lipinski definition) is 3. The number of nitrogen functional groups attached to an aromatic ring is 1. The van der Waals surface area contributed by atoms with Gasteiger partial charge in [0.25, 0.3) is 0 Å². The minimum atomic E-state index is 0.337. The number of nitrogens with two attached hydrogens (primary N) is 1. The molecule has 0 fully saturated rings. The third kappa shape index (κ3) is 1.30. The van der Waals surface area contributed by atoms with Crippen molar-refractivity contribution in [3.05, 3.63) is 29.7 Å². The minimum Gasteiger partial charge on any atom is -0.382 e. The number of nitrogens with zero attached hydrogens (tertiary/aromatic N) is 3. The molecular formula is C11H11ClN4. The van der Waals surface area contributed by atoms with Crippen LogP contribution in [-0.4, -0.2) is 14.5 Å². The fraction of sp³-hybridized carbons (Fsp3) is 0.273. The maximum absolute atomic E-state index is 6.15. The normalized spacial score (nSPS) is 19.7. The zero-order valence-corrected chi connectivity index (χ0v) is 9.35. The predicted molar refractivity (Wildman–Crippen MR) is 64.4 cm³/mol. The standard InChI is InChI=1S/C11H11ClN4/c12-8-5-14-11(13)9-10(8)16(6-15-9)7-3-1-2-4-7/h1,3,5-7H,2,4H2,(H2,13,14)/t7-/m1/s1. The summed E-state index contributed by atoms with van der Waals surface area (Å²) < 4.78 is 2.07. The number of imidazole rings is 1. The molecule has 0 spiro atoms. The van der Waals surface area contributed by atoms with Gasteiger partial charge in [0.1, 0.15) is 5.52 Å². The summed E-state index contributed by atoms with van der Waals surface area (Å²) in [6.45, 7) is 0. The van der Waals surface area contributed by atoms with E-state index in [9.17, 15) is 0 Å². The maximum atomic E-state index is 6.15. The molecule has 3 rings (SSSR count). The number of aromatic nitrogens is 3. The summed E-state index contributed by atoms with van der Waals surface area (Å²) in [6, 6.07) is 0.337. The molecule has 0 bridgehead atoms. The first-order chi connectivity index (χ1) is 7.77. The van der Waals surface area contributed by atoms with E-state index in [-0.39, 0.29) is 0 Å². The third-order valence-electron chi connectivity index (χ3n) is 2.92. The molecule has 2 heterocycles. The molecule has 5 heteroatoms. The SMILES string of the molecule is Nc1ncc(Cl)c2c1ncn2[C@@H]1C=CCC1. The molecule has 2 N–H and O–H groups in total. The zero-order valence-electron chi connectivity index (χ0n) is 8.60. The van der Waals surface area contributed by atoms with Crippen LogP contribution >= 0.6 is 11.6 Å². The van der Waals surface area contributed by atoms with Gasteiger partial charge in [-0.1, -0.05) is 23.8 Å². The van der Waals surface area contributed by atoms with Crippen molar-refractivity contribution in [2.24, 2.45) is 0 Å². The summed E-state index contributed by atoms with van der Waals surface area (Å²) in [7, 11) is 0. The van der Waals surface area contributed by atoms with Crippen molar-refractivity contribution < 1.29 is 0 Å². The highest BCUT2D eigenvalue weighted by Crippen LogP contribution is 2.31. The average Bonchev–Trinajstić information content (AvgIpc) is 2.90. The lowest BCUT2D eigenvalue weighted by Crippen LogP contribution is -2.02. The smallest absolute Gasteiger partial charge is 0.151 e. The van der Waals surface area contributed by atoms with Crippen LogP contribution in [0.2, 0.25) is 5.02 Å². The summed E-state index contributed by atoms with van der Waals surface area (Å²) in [4.78, 5) is 8.28. The molecule has 2 aromatic heterocycles. The second-order valence-corrected chi connectivity index (χ2v) is 4.32. The lowest BCUT2D eigenvalue weighted by molar-refractivity contribution is 0.606. The number of rotatable bonds is 1. The number of allylic oxidation sites excluding steroid dienone is 2. The Labute approximate surface area is 97.7 Å². The molecule has 0 saturated heterocycles. The lowest BCUT2D eigenvalue weighted by atomic mass is 10.2. The van der Waals surface area contributed by atoms with Gasteiger partial charge in [-0.05, 0) is 12.8 Å². The van der Waals surface area contributed by atoms with Gasteiger partial charge in [-0.15, -0.1) is 0 Å². The number of hydrogen-bond donors (Lipinski definition) is 1. The number of fused-ring (bicyclic) bond motifs is 1. The molecule has 0 saturated carbocycles. The van der Waals surface area contributed by atoms with Gasteiger partial charge in [0.15, 0.2) is 5.82 Å². The van der Waals surface area contributed by atoms with Crippen LogP contribution in [0.3, 0.4) is 0 Å². The van der Waals surface area contributed by atoms with E-state index >= 15 is 0 Å². The molecule has 2 aromatic rings. The van der Waals surface area contributed by atoms with Gasteiger partial charge >= 0.3 is 0 Å². The van der Waals surface area contributed by atoms with E-state index in [1.807, 2.05) is 0 Å². The van der Waals surface area contributed by atoms with Crippen molar-refractivity contribution in [1.29, 1.82) is 0 Å². The Morgan fingerprint density at radius 2 is 2.31 bits per heavy atom. The monoisotopic (exact) mass is 234 g/mol. The first-order valence-corrected chi connectivity index (χ1v) is 5.58. The van der Waals surface area contributed by atoms with Crippen LogP contribution in [0, 0.1) is 0 Å². The molecular weight excluding hydrogens is 224 g/mol. The van der Waals surface area contributed by atoms with Crippen LogP contribution in [0.25, 0.3) is 11.0 Å². The van der Waals surface area contributed by atoms with Crippen LogP contribution in [0.4, 0.5) is 5.82 Å². The summed E-state index contributed by atoms with van der Waals surface area (Å²) in [5.41, 5.74) is 7.34. The van der Waals surface area contributed by atoms with Gasteiger partial charge in [-0.25, -0.2) is 9.97 Å². The summed E-state index contributed by atoms with van der Waals surface area (Å²) in [5, 5.41) is 0.599. The van der Waals surface area contributed by atoms with E-state index in [1.54, 1.807) is 12.5 Å². The maximum Gasteiger partial charge on any atom is 0.151 e. The highest BCUT2D eigenvalue weighted by atomic mass is 35.5. The Bertz CT molecular complexity index is 573. The Morgan fingerprint density at radius 3 is 3.06 bits per heavy atom. The van der Waals surface area contributed by atoms with Crippen LogP contribution in [-0.2, 0) is 0 Å². The van der Waals surface area contributed by atoms with E-state index in [4.69, 9.17) is 17.3 Å². The minimum absolute atomic E-state index is 0.337. The largest absolute Gasteiger partial charge is 0.382 e. The fourth-order valence-electron chi connectivity index (χ4n) is 2.13. The number of pyridine rings is 1. The second-order valence-electron chi connectivity index (χ2n) is 3.91. The van der Waals surface area contributed by atoms with Crippen LogP contribution in [0.5, 0.6) is 0 Å². The van der Waals surface area contributed by atoms with Crippen molar-refractivity contribution in [1.82, 2.24) is 14.5 Å². The van der Waals surface area contributed by atoms with Crippen molar-refractivity contribution in [2.45, 2.75) is 18.9 Å². The lowest BCUT2D eigenvalue weighted by Gasteiger charge is -2.11. The topological polar surface area (TPSA) is 56.7 Å². The fourth-order valence-corrected chi connectivity index (χ4v) is 2.37. The first-order valence-electron chi connectivity index (χ1n) is 5.20. The van der Waals surface area contributed by atoms with Gasteiger partial charge in [0.2, 0.25) is 0 Å². The van der Waals surface area contributed by atoms with Gasteiger partial charge in [-0.2, -0.15) is 0 Å². The van der Waals surface area contributed by atoms with E-state index in [2.05, 4.69) is 26.7 Å². The van der Waals surface area contributed by atoms with E-state index < -0.39 is 0 Å². The summed E-state index contributed by atoms with van der Waals surface area (Å²) in [5.74, 6) is 0.431. The first kappa shape index (κ1) is 9.66. The molecule has 0 amide bonds. The molecule has 16 heavy (non-hydrogen) atoms. The Balaban J connectivity index is 2.26. The third-order valence-corrected chi connectivity index (χ3v) is 3.20. The van der Waals surface area contributed by atoms with E-state index in [0.717, 1.165) is 18.4 Å². The molecule has 0 aromatic carbocycles. The molecule has 0 radical (unpaired) electrons. The van der Waals surface area contributed by atoms with Crippen LogP contribution in [0.15, 0.2) is 24.7 Å². The highest BCUT2D eigenvalue weighted by molar-refractivity contribution is 6.35. The van der Waals surface area contributed by atoms with Crippen molar-refractivity contribution >= 4 is 28.5 Å². The Kier molecular flexibility index (Phi) is 2.11. The molecule has 0 aliphatic heterocycles. The summed E-state index contributed by atoms with van der Waals surface area (Å²) >= 11 is 6.15. The molecule has 4 nitrogen and oxygen atoms in total. The Morgan fingerprint density at radius 1 is 1.44 bits per heavy atom. The van der Waals surface area contributed by atoms with E-state index in [0.29, 0.717) is 22.4 Å². The van der Waals surface area contributed by atoms with Gasteiger partial charge in [0.05, 0.1) is 29.1 Å². The van der Waals surface area contributed by atoms with Crippen LogP contribution in [0.1, 0.15) is 18.9 Å². The molecule has 1 aliphatic carbocycles. The van der Waals surface area contributed by atoms with E-state index in [1.165, 1.54) is 0 Å². The second kappa shape index (κ2) is 3.49.